The maximum Gasteiger partial charge on any atom is 0.227 e. The van der Waals surface area contributed by atoms with Gasteiger partial charge in [-0.2, -0.15) is 0 Å². The molecular weight excluding hydrogens is 388 g/mol. The summed E-state index contributed by atoms with van der Waals surface area (Å²) in [6, 6.07) is 0.242. The SMILES string of the molecule is C=C1OCCN/C1=C(\C)C(=CC)N1CCc2cnc(N/C(C=NC(C)C)=C/C)nc2C1. The highest BCUT2D eigenvalue weighted by molar-refractivity contribution is 5.82. The fourth-order valence-corrected chi connectivity index (χ4v) is 3.73. The molecule has 0 amide bonds. The van der Waals surface area contributed by atoms with Gasteiger partial charge in [0.2, 0.25) is 5.95 Å². The van der Waals surface area contributed by atoms with E-state index in [2.05, 4.69) is 52.0 Å². The molecule has 2 aliphatic heterocycles. The van der Waals surface area contributed by atoms with E-state index in [1.165, 1.54) is 11.3 Å². The van der Waals surface area contributed by atoms with Crippen molar-refractivity contribution in [3.8, 4) is 0 Å². The molecule has 31 heavy (non-hydrogen) atoms. The van der Waals surface area contributed by atoms with Crippen molar-refractivity contribution in [1.29, 1.82) is 0 Å². The number of morpholine rings is 1. The Morgan fingerprint density at radius 3 is 2.84 bits per heavy atom. The number of hydrogen-bond acceptors (Lipinski definition) is 7. The quantitative estimate of drug-likeness (QED) is 0.677. The van der Waals surface area contributed by atoms with Crippen LogP contribution in [0.1, 0.15) is 45.9 Å². The second kappa shape index (κ2) is 10.3. The number of allylic oxidation sites excluding steroid dienone is 4. The standard InChI is InChI=1S/C24H34N6O/c1-7-20(14-26-16(3)4)28-24-27-13-19-9-11-30(15-21(19)29-24)22(8-2)17(5)23-18(6)31-12-10-25-23/h7-8,13-14,16,25H,6,9-12,15H2,1-5H3,(H,27,28,29)/b20-7+,22-8?,23-17+,26-14?. The first-order chi connectivity index (χ1) is 14.9. The van der Waals surface area contributed by atoms with Crippen molar-refractivity contribution in [2.75, 3.05) is 25.0 Å². The summed E-state index contributed by atoms with van der Waals surface area (Å²) in [7, 11) is 0. The lowest BCUT2D eigenvalue weighted by Crippen LogP contribution is -2.34. The van der Waals surface area contributed by atoms with Crippen LogP contribution in [0.15, 0.2) is 58.3 Å². The van der Waals surface area contributed by atoms with Crippen molar-refractivity contribution in [3.63, 3.8) is 0 Å². The lowest BCUT2D eigenvalue weighted by molar-refractivity contribution is 0.197. The lowest BCUT2D eigenvalue weighted by atomic mass is 10.0. The van der Waals surface area contributed by atoms with E-state index in [1.54, 1.807) is 0 Å². The molecule has 1 aromatic rings. The zero-order valence-corrected chi connectivity index (χ0v) is 19.3. The second-order valence-corrected chi connectivity index (χ2v) is 7.95. The molecule has 7 heteroatoms. The number of aromatic nitrogens is 2. The van der Waals surface area contributed by atoms with Gasteiger partial charge in [-0.15, -0.1) is 0 Å². The van der Waals surface area contributed by atoms with Crippen molar-refractivity contribution in [2.24, 2.45) is 4.99 Å². The third-order valence-electron chi connectivity index (χ3n) is 5.36. The Balaban J connectivity index is 1.79. The summed E-state index contributed by atoms with van der Waals surface area (Å²) in [5.74, 6) is 1.30. The molecule has 3 rings (SSSR count). The minimum atomic E-state index is 0.242. The average Bonchev–Trinajstić information content (AvgIpc) is 2.77. The van der Waals surface area contributed by atoms with Crippen molar-refractivity contribution in [1.82, 2.24) is 20.2 Å². The normalized spacial score (nSPS) is 19.3. The van der Waals surface area contributed by atoms with Crippen LogP contribution < -0.4 is 10.6 Å². The largest absolute Gasteiger partial charge is 0.490 e. The van der Waals surface area contributed by atoms with Crippen LogP contribution in [0.25, 0.3) is 0 Å². The molecule has 0 atom stereocenters. The molecule has 0 bridgehead atoms. The molecule has 0 unspecified atom stereocenters. The van der Waals surface area contributed by atoms with Crippen LogP contribution in [-0.2, 0) is 17.7 Å². The van der Waals surface area contributed by atoms with E-state index in [9.17, 15) is 0 Å². The molecule has 2 aliphatic rings. The summed E-state index contributed by atoms with van der Waals surface area (Å²) in [6.07, 6.45) is 8.80. The minimum Gasteiger partial charge on any atom is -0.490 e. The van der Waals surface area contributed by atoms with Crippen LogP contribution in [0.5, 0.6) is 0 Å². The monoisotopic (exact) mass is 422 g/mol. The number of fused-ring (bicyclic) bond motifs is 1. The van der Waals surface area contributed by atoms with E-state index in [4.69, 9.17) is 9.72 Å². The smallest absolute Gasteiger partial charge is 0.227 e. The number of ether oxygens (including phenoxy) is 1. The summed E-state index contributed by atoms with van der Waals surface area (Å²) >= 11 is 0. The molecule has 1 aromatic heterocycles. The Bertz CT molecular complexity index is 941. The van der Waals surface area contributed by atoms with Crippen LogP contribution in [0.4, 0.5) is 5.95 Å². The highest BCUT2D eigenvalue weighted by Gasteiger charge is 2.23. The molecule has 1 fully saturated rings. The fourth-order valence-electron chi connectivity index (χ4n) is 3.73. The van der Waals surface area contributed by atoms with Crippen LogP contribution in [0.3, 0.4) is 0 Å². The molecule has 0 aromatic carbocycles. The molecule has 3 heterocycles. The van der Waals surface area contributed by atoms with Gasteiger partial charge in [0.1, 0.15) is 12.4 Å². The molecule has 2 N–H and O–H groups in total. The summed E-state index contributed by atoms with van der Waals surface area (Å²) in [5, 5.41) is 6.71. The number of nitrogens with one attached hydrogen (secondary N) is 2. The van der Waals surface area contributed by atoms with Gasteiger partial charge in [0.15, 0.2) is 0 Å². The third-order valence-corrected chi connectivity index (χ3v) is 5.36. The highest BCUT2D eigenvalue weighted by Crippen LogP contribution is 2.28. The van der Waals surface area contributed by atoms with Crippen LogP contribution in [0, 0.1) is 0 Å². The van der Waals surface area contributed by atoms with Gasteiger partial charge in [0.05, 0.1) is 23.6 Å². The summed E-state index contributed by atoms with van der Waals surface area (Å²) < 4.78 is 5.64. The Morgan fingerprint density at radius 2 is 2.16 bits per heavy atom. The van der Waals surface area contributed by atoms with Gasteiger partial charge in [0, 0.05) is 37.2 Å². The summed E-state index contributed by atoms with van der Waals surface area (Å²) in [6.45, 7) is 17.4. The van der Waals surface area contributed by atoms with E-state index in [-0.39, 0.29) is 6.04 Å². The van der Waals surface area contributed by atoms with E-state index in [0.29, 0.717) is 18.3 Å². The zero-order chi connectivity index (χ0) is 22.4. The average molecular weight is 423 g/mol. The predicted octanol–water partition coefficient (Wildman–Crippen LogP) is 3.94. The van der Waals surface area contributed by atoms with Crippen molar-refractivity contribution in [3.05, 3.63) is 64.6 Å². The third kappa shape index (κ3) is 5.54. The number of hydrogen-bond donors (Lipinski definition) is 2. The van der Waals surface area contributed by atoms with Gasteiger partial charge in [-0.1, -0.05) is 18.7 Å². The number of aliphatic imine (C=N–C) groups is 1. The number of nitrogens with zero attached hydrogens (tertiary/aromatic N) is 4. The lowest BCUT2D eigenvalue weighted by Gasteiger charge is -2.34. The molecule has 0 radical (unpaired) electrons. The van der Waals surface area contributed by atoms with Gasteiger partial charge in [0.25, 0.3) is 0 Å². The summed E-state index contributed by atoms with van der Waals surface area (Å²) in [5.41, 5.74) is 6.43. The van der Waals surface area contributed by atoms with E-state index >= 15 is 0 Å². The van der Waals surface area contributed by atoms with Gasteiger partial charge < -0.3 is 20.3 Å². The van der Waals surface area contributed by atoms with Crippen LogP contribution >= 0.6 is 0 Å². The maximum atomic E-state index is 5.64. The first-order valence-corrected chi connectivity index (χ1v) is 10.9. The predicted molar refractivity (Wildman–Crippen MR) is 127 cm³/mol. The molecule has 0 saturated carbocycles. The van der Waals surface area contributed by atoms with Crippen molar-refractivity contribution in [2.45, 2.75) is 53.6 Å². The zero-order valence-electron chi connectivity index (χ0n) is 19.3. The Morgan fingerprint density at radius 1 is 1.35 bits per heavy atom. The van der Waals surface area contributed by atoms with Gasteiger partial charge >= 0.3 is 0 Å². The first kappa shape index (κ1) is 22.6. The second-order valence-electron chi connectivity index (χ2n) is 7.95. The Hall–Kier alpha value is -3.09. The Kier molecular flexibility index (Phi) is 7.50. The highest BCUT2D eigenvalue weighted by atomic mass is 16.5. The molecular formula is C24H34N6O. The van der Waals surface area contributed by atoms with E-state index in [1.807, 2.05) is 39.3 Å². The van der Waals surface area contributed by atoms with Crippen molar-refractivity contribution >= 4 is 12.2 Å². The minimum absolute atomic E-state index is 0.242. The Labute approximate surface area is 185 Å². The summed E-state index contributed by atoms with van der Waals surface area (Å²) in [4.78, 5) is 16.1. The number of anilines is 1. The van der Waals surface area contributed by atoms with Gasteiger partial charge in [-0.25, -0.2) is 9.97 Å². The fraction of sp³-hybridized carbons (Fsp3) is 0.458. The number of rotatable bonds is 6. The molecule has 7 nitrogen and oxygen atoms in total. The molecule has 166 valence electrons. The van der Waals surface area contributed by atoms with Crippen LogP contribution in [-0.4, -0.2) is 46.8 Å². The van der Waals surface area contributed by atoms with E-state index in [0.717, 1.165) is 48.7 Å². The first-order valence-electron chi connectivity index (χ1n) is 10.9. The molecule has 1 saturated heterocycles. The van der Waals surface area contributed by atoms with Gasteiger partial charge in [-0.05, 0) is 52.2 Å². The van der Waals surface area contributed by atoms with Gasteiger partial charge in [-0.3, -0.25) is 4.99 Å². The van der Waals surface area contributed by atoms with Crippen molar-refractivity contribution < 1.29 is 4.74 Å². The maximum absolute atomic E-state index is 5.64. The topological polar surface area (TPSA) is 74.7 Å². The van der Waals surface area contributed by atoms with E-state index < -0.39 is 0 Å². The molecule has 0 spiro atoms. The molecule has 0 aliphatic carbocycles. The van der Waals surface area contributed by atoms with Crippen LogP contribution in [0.2, 0.25) is 0 Å².